The highest BCUT2D eigenvalue weighted by Crippen LogP contribution is 2.39. The lowest BCUT2D eigenvalue weighted by Crippen LogP contribution is -2.41. The SMILES string of the molecule is O=C(CSc1cc2c(cc1Cl)OCCO2)N1CCOCC1. The molecule has 1 aromatic rings. The summed E-state index contributed by atoms with van der Waals surface area (Å²) in [6.07, 6.45) is 0. The standard InChI is InChI=1S/C14H16ClNO4S/c15-10-7-11-12(20-6-5-19-11)8-13(10)21-9-14(17)16-1-3-18-4-2-16/h7-8H,1-6,9H2. The van der Waals surface area contributed by atoms with Gasteiger partial charge in [0.2, 0.25) is 5.91 Å². The van der Waals surface area contributed by atoms with Crippen LogP contribution in [0.5, 0.6) is 11.5 Å². The van der Waals surface area contributed by atoms with E-state index in [-0.39, 0.29) is 5.91 Å². The molecule has 0 aromatic heterocycles. The number of carbonyl (C=O) groups excluding carboxylic acids is 1. The van der Waals surface area contributed by atoms with E-state index in [0.717, 1.165) is 4.90 Å². The molecule has 3 rings (SSSR count). The summed E-state index contributed by atoms with van der Waals surface area (Å²) in [5.74, 6) is 1.82. The summed E-state index contributed by atoms with van der Waals surface area (Å²) in [7, 11) is 0. The highest BCUT2D eigenvalue weighted by molar-refractivity contribution is 8.00. The normalized spacial score (nSPS) is 17.7. The van der Waals surface area contributed by atoms with Crippen molar-refractivity contribution in [2.45, 2.75) is 4.90 Å². The third kappa shape index (κ3) is 3.56. The molecule has 0 radical (unpaired) electrons. The molecule has 1 fully saturated rings. The van der Waals surface area contributed by atoms with Crippen molar-refractivity contribution >= 4 is 29.3 Å². The first-order valence-electron chi connectivity index (χ1n) is 6.81. The predicted octanol–water partition coefficient (Wildman–Crippen LogP) is 2.06. The Hall–Kier alpha value is -1.11. The monoisotopic (exact) mass is 329 g/mol. The first-order chi connectivity index (χ1) is 10.2. The van der Waals surface area contributed by atoms with Gasteiger partial charge in [0.25, 0.3) is 0 Å². The molecule has 114 valence electrons. The number of ether oxygens (including phenoxy) is 3. The number of hydrogen-bond acceptors (Lipinski definition) is 5. The number of nitrogens with zero attached hydrogens (tertiary/aromatic N) is 1. The third-order valence-electron chi connectivity index (χ3n) is 3.31. The van der Waals surface area contributed by atoms with Crippen molar-refractivity contribution in [3.63, 3.8) is 0 Å². The van der Waals surface area contributed by atoms with Crippen LogP contribution in [0.1, 0.15) is 0 Å². The second kappa shape index (κ2) is 6.77. The topological polar surface area (TPSA) is 48.0 Å². The highest BCUT2D eigenvalue weighted by Gasteiger charge is 2.19. The molecular weight excluding hydrogens is 314 g/mol. The van der Waals surface area contributed by atoms with Gasteiger partial charge < -0.3 is 19.1 Å². The molecule has 21 heavy (non-hydrogen) atoms. The Labute approximate surface area is 132 Å². The number of morpholine rings is 1. The van der Waals surface area contributed by atoms with E-state index in [1.807, 2.05) is 11.0 Å². The van der Waals surface area contributed by atoms with Crippen molar-refractivity contribution in [2.24, 2.45) is 0 Å². The second-order valence-electron chi connectivity index (χ2n) is 4.71. The fourth-order valence-electron chi connectivity index (χ4n) is 2.20. The van der Waals surface area contributed by atoms with Crippen molar-refractivity contribution < 1.29 is 19.0 Å². The molecule has 1 amide bonds. The molecule has 0 bridgehead atoms. The molecule has 0 atom stereocenters. The van der Waals surface area contributed by atoms with E-state index in [2.05, 4.69) is 0 Å². The minimum atomic E-state index is 0.106. The van der Waals surface area contributed by atoms with Gasteiger partial charge in [-0.05, 0) is 6.07 Å². The molecular formula is C14H16ClNO4S. The van der Waals surface area contributed by atoms with Crippen LogP contribution in [-0.4, -0.2) is 56.1 Å². The van der Waals surface area contributed by atoms with Gasteiger partial charge in [-0.25, -0.2) is 0 Å². The summed E-state index contributed by atoms with van der Waals surface area (Å²) in [4.78, 5) is 14.8. The number of amides is 1. The maximum atomic E-state index is 12.1. The fourth-order valence-corrected chi connectivity index (χ4v) is 3.37. The molecule has 0 N–H and O–H groups in total. The van der Waals surface area contributed by atoms with E-state index in [4.69, 9.17) is 25.8 Å². The lowest BCUT2D eigenvalue weighted by molar-refractivity contribution is -0.132. The quantitative estimate of drug-likeness (QED) is 0.794. The number of hydrogen-bond donors (Lipinski definition) is 0. The van der Waals surface area contributed by atoms with Gasteiger partial charge in [-0.3, -0.25) is 4.79 Å². The van der Waals surface area contributed by atoms with Gasteiger partial charge >= 0.3 is 0 Å². The number of benzene rings is 1. The lowest BCUT2D eigenvalue weighted by atomic mass is 10.3. The van der Waals surface area contributed by atoms with E-state index < -0.39 is 0 Å². The Morgan fingerprint density at radius 2 is 1.81 bits per heavy atom. The Morgan fingerprint density at radius 1 is 1.14 bits per heavy atom. The molecule has 2 aliphatic heterocycles. The van der Waals surface area contributed by atoms with Crippen LogP contribution in [0.2, 0.25) is 5.02 Å². The van der Waals surface area contributed by atoms with Crippen molar-refractivity contribution in [3.8, 4) is 11.5 Å². The van der Waals surface area contributed by atoms with Crippen molar-refractivity contribution in [3.05, 3.63) is 17.2 Å². The fraction of sp³-hybridized carbons (Fsp3) is 0.500. The van der Waals surface area contributed by atoms with Gasteiger partial charge in [0.15, 0.2) is 11.5 Å². The molecule has 1 saturated heterocycles. The smallest absolute Gasteiger partial charge is 0.233 e. The average molecular weight is 330 g/mol. The van der Waals surface area contributed by atoms with Crippen molar-refractivity contribution in [2.75, 3.05) is 45.3 Å². The predicted molar refractivity (Wildman–Crippen MR) is 80.6 cm³/mol. The van der Waals surface area contributed by atoms with Crippen LogP contribution in [0.3, 0.4) is 0 Å². The summed E-state index contributed by atoms with van der Waals surface area (Å²) < 4.78 is 16.2. The lowest BCUT2D eigenvalue weighted by Gasteiger charge is -2.26. The highest BCUT2D eigenvalue weighted by atomic mass is 35.5. The Kier molecular flexibility index (Phi) is 4.77. The number of fused-ring (bicyclic) bond motifs is 1. The average Bonchev–Trinajstić information content (AvgIpc) is 2.53. The van der Waals surface area contributed by atoms with E-state index in [1.165, 1.54) is 11.8 Å². The molecule has 0 saturated carbocycles. The molecule has 0 aliphatic carbocycles. The minimum absolute atomic E-state index is 0.106. The zero-order chi connectivity index (χ0) is 14.7. The Bertz CT molecular complexity index is 534. The van der Waals surface area contributed by atoms with Crippen LogP contribution in [0.25, 0.3) is 0 Å². The van der Waals surface area contributed by atoms with Crippen LogP contribution < -0.4 is 9.47 Å². The minimum Gasteiger partial charge on any atom is -0.486 e. The van der Waals surface area contributed by atoms with E-state index in [0.29, 0.717) is 61.8 Å². The third-order valence-corrected chi connectivity index (χ3v) is 4.78. The zero-order valence-electron chi connectivity index (χ0n) is 11.5. The van der Waals surface area contributed by atoms with Gasteiger partial charge in [0.1, 0.15) is 13.2 Å². The van der Waals surface area contributed by atoms with Crippen LogP contribution >= 0.6 is 23.4 Å². The molecule has 2 aliphatic rings. The van der Waals surface area contributed by atoms with Gasteiger partial charge in [-0.15, -0.1) is 11.8 Å². The zero-order valence-corrected chi connectivity index (χ0v) is 13.0. The molecule has 1 aromatic carbocycles. The van der Waals surface area contributed by atoms with Gasteiger partial charge in [-0.1, -0.05) is 11.6 Å². The molecule has 7 heteroatoms. The summed E-state index contributed by atoms with van der Waals surface area (Å²) in [6, 6.07) is 3.59. The summed E-state index contributed by atoms with van der Waals surface area (Å²) in [5, 5.41) is 0.582. The summed E-state index contributed by atoms with van der Waals surface area (Å²) in [5.41, 5.74) is 0. The van der Waals surface area contributed by atoms with Crippen LogP contribution in [0, 0.1) is 0 Å². The van der Waals surface area contributed by atoms with Gasteiger partial charge in [0, 0.05) is 24.1 Å². The maximum Gasteiger partial charge on any atom is 0.233 e. The molecule has 2 heterocycles. The molecule has 0 unspecified atom stereocenters. The first-order valence-corrected chi connectivity index (χ1v) is 8.18. The van der Waals surface area contributed by atoms with E-state index in [9.17, 15) is 4.79 Å². The Balaban J connectivity index is 1.63. The van der Waals surface area contributed by atoms with E-state index >= 15 is 0 Å². The Morgan fingerprint density at radius 3 is 2.52 bits per heavy atom. The second-order valence-corrected chi connectivity index (χ2v) is 6.13. The summed E-state index contributed by atoms with van der Waals surface area (Å²) in [6.45, 7) is 3.61. The van der Waals surface area contributed by atoms with E-state index in [1.54, 1.807) is 6.07 Å². The molecule has 5 nitrogen and oxygen atoms in total. The maximum absolute atomic E-state index is 12.1. The van der Waals surface area contributed by atoms with Crippen LogP contribution in [0.4, 0.5) is 0 Å². The van der Waals surface area contributed by atoms with Crippen molar-refractivity contribution in [1.82, 2.24) is 4.90 Å². The van der Waals surface area contributed by atoms with Crippen LogP contribution in [0.15, 0.2) is 17.0 Å². The first kappa shape index (κ1) is 14.8. The van der Waals surface area contributed by atoms with Gasteiger partial charge in [0.05, 0.1) is 24.0 Å². The van der Waals surface area contributed by atoms with Crippen molar-refractivity contribution in [1.29, 1.82) is 0 Å². The van der Waals surface area contributed by atoms with Crippen LogP contribution in [-0.2, 0) is 9.53 Å². The largest absolute Gasteiger partial charge is 0.486 e. The number of rotatable bonds is 3. The number of thioether (sulfide) groups is 1. The van der Waals surface area contributed by atoms with Gasteiger partial charge in [-0.2, -0.15) is 0 Å². The molecule has 0 spiro atoms. The number of halogens is 1. The summed E-state index contributed by atoms with van der Waals surface area (Å²) >= 11 is 7.65. The number of carbonyl (C=O) groups is 1.